The van der Waals surface area contributed by atoms with Gasteiger partial charge in [0.25, 0.3) is 0 Å². The Morgan fingerprint density at radius 3 is 1.43 bits per heavy atom. The summed E-state index contributed by atoms with van der Waals surface area (Å²) in [5.41, 5.74) is 0. The van der Waals surface area contributed by atoms with E-state index in [0.29, 0.717) is 28.7 Å². The van der Waals surface area contributed by atoms with Crippen molar-refractivity contribution in [3.05, 3.63) is 103 Å². The van der Waals surface area contributed by atoms with Crippen molar-refractivity contribution >= 4 is 0 Å². The first-order valence-corrected chi connectivity index (χ1v) is 8.83. The lowest BCUT2D eigenvalue weighted by atomic mass is 10.3. The molecule has 0 fully saturated rings. The molecule has 28 heavy (non-hydrogen) atoms. The van der Waals surface area contributed by atoms with Gasteiger partial charge >= 0.3 is 0 Å². The van der Waals surface area contributed by atoms with E-state index in [1.807, 2.05) is 72.8 Å². The van der Waals surface area contributed by atoms with Crippen LogP contribution in [0.15, 0.2) is 103 Å². The van der Waals surface area contributed by atoms with Gasteiger partial charge in [-0.3, -0.25) is 0 Å². The average Bonchev–Trinajstić information content (AvgIpc) is 2.73. The van der Waals surface area contributed by atoms with Crippen LogP contribution in [0.5, 0.6) is 40.2 Å². The molecular weight excluding hydrogens is 352 g/mol. The van der Waals surface area contributed by atoms with E-state index < -0.39 is 0 Å². The van der Waals surface area contributed by atoms with Crippen LogP contribution in [-0.4, -0.2) is 5.11 Å². The zero-order chi connectivity index (χ0) is 19.2. The Morgan fingerprint density at radius 2 is 0.857 bits per heavy atom. The highest BCUT2D eigenvalue weighted by molar-refractivity contribution is 5.48. The van der Waals surface area contributed by atoms with Crippen molar-refractivity contribution in [2.24, 2.45) is 0 Å². The number of rotatable bonds is 6. The van der Waals surface area contributed by atoms with Gasteiger partial charge in [0.1, 0.15) is 28.7 Å². The zero-order valence-corrected chi connectivity index (χ0v) is 15.0. The molecule has 0 unspecified atom stereocenters. The van der Waals surface area contributed by atoms with Crippen molar-refractivity contribution in [3.63, 3.8) is 0 Å². The van der Waals surface area contributed by atoms with Gasteiger partial charge in [-0.1, -0.05) is 36.4 Å². The lowest BCUT2D eigenvalue weighted by Crippen LogP contribution is -1.89. The van der Waals surface area contributed by atoms with E-state index in [-0.39, 0.29) is 5.75 Å². The first kappa shape index (κ1) is 17.5. The summed E-state index contributed by atoms with van der Waals surface area (Å²) < 4.78 is 17.4. The van der Waals surface area contributed by atoms with E-state index in [0.717, 1.165) is 5.75 Å². The maximum absolute atomic E-state index is 10.1. The lowest BCUT2D eigenvalue weighted by molar-refractivity contribution is 0.404. The van der Waals surface area contributed by atoms with E-state index in [4.69, 9.17) is 14.2 Å². The number of ether oxygens (including phenoxy) is 3. The molecule has 0 aliphatic heterocycles. The van der Waals surface area contributed by atoms with Crippen LogP contribution in [-0.2, 0) is 0 Å². The third-order valence-corrected chi connectivity index (χ3v) is 3.94. The molecule has 4 nitrogen and oxygen atoms in total. The predicted molar refractivity (Wildman–Crippen MR) is 108 cm³/mol. The molecule has 0 aromatic heterocycles. The SMILES string of the molecule is Oc1ccc(Oc2ccccc2)cc1Oc1ccc(Oc2ccccc2)cc1. The molecule has 1 N–H and O–H groups in total. The molecule has 0 bridgehead atoms. The Labute approximate surface area is 163 Å². The van der Waals surface area contributed by atoms with Crippen molar-refractivity contribution in [1.82, 2.24) is 0 Å². The van der Waals surface area contributed by atoms with Gasteiger partial charge in [0.2, 0.25) is 0 Å². The van der Waals surface area contributed by atoms with E-state index in [9.17, 15) is 5.11 Å². The summed E-state index contributed by atoms with van der Waals surface area (Å²) in [6.45, 7) is 0. The molecule has 0 atom stereocenters. The second kappa shape index (κ2) is 8.18. The number of hydrogen-bond donors (Lipinski definition) is 1. The Morgan fingerprint density at radius 1 is 0.429 bits per heavy atom. The van der Waals surface area contributed by atoms with Crippen LogP contribution < -0.4 is 14.2 Å². The highest BCUT2D eigenvalue weighted by Crippen LogP contribution is 2.36. The van der Waals surface area contributed by atoms with Crippen LogP contribution in [0.3, 0.4) is 0 Å². The van der Waals surface area contributed by atoms with Crippen LogP contribution in [0.4, 0.5) is 0 Å². The number of phenols is 1. The fourth-order valence-corrected chi connectivity index (χ4v) is 2.59. The summed E-state index contributed by atoms with van der Waals surface area (Å²) in [5.74, 6) is 3.66. The molecular formula is C24H18O4. The molecule has 0 heterocycles. The Kier molecular flexibility index (Phi) is 5.11. The monoisotopic (exact) mass is 370 g/mol. The van der Waals surface area contributed by atoms with Crippen LogP contribution in [0.1, 0.15) is 0 Å². The Hall–Kier alpha value is -3.92. The van der Waals surface area contributed by atoms with Gasteiger partial charge in [0.05, 0.1) is 0 Å². The highest BCUT2D eigenvalue weighted by atomic mass is 16.5. The average molecular weight is 370 g/mol. The predicted octanol–water partition coefficient (Wildman–Crippen LogP) is 6.77. The molecule has 0 radical (unpaired) electrons. The molecule has 0 saturated heterocycles. The highest BCUT2D eigenvalue weighted by Gasteiger charge is 2.08. The second-order valence-electron chi connectivity index (χ2n) is 6.03. The topological polar surface area (TPSA) is 47.9 Å². The number of benzene rings is 4. The smallest absolute Gasteiger partial charge is 0.172 e. The van der Waals surface area contributed by atoms with Gasteiger partial charge in [-0.05, 0) is 60.7 Å². The van der Waals surface area contributed by atoms with Crippen molar-refractivity contribution < 1.29 is 19.3 Å². The lowest BCUT2D eigenvalue weighted by Gasteiger charge is -2.11. The van der Waals surface area contributed by atoms with E-state index in [2.05, 4.69) is 0 Å². The molecule has 4 aromatic carbocycles. The van der Waals surface area contributed by atoms with Crippen LogP contribution in [0.25, 0.3) is 0 Å². The number of aromatic hydroxyl groups is 1. The normalized spacial score (nSPS) is 10.3. The van der Waals surface area contributed by atoms with Crippen molar-refractivity contribution in [1.29, 1.82) is 0 Å². The van der Waals surface area contributed by atoms with Crippen LogP contribution >= 0.6 is 0 Å². The minimum atomic E-state index is 0.0324. The number of hydrogen-bond acceptors (Lipinski definition) is 4. The van der Waals surface area contributed by atoms with Crippen LogP contribution in [0, 0.1) is 0 Å². The third kappa shape index (κ3) is 4.43. The minimum absolute atomic E-state index is 0.0324. The molecule has 4 heteroatoms. The summed E-state index contributed by atoms with van der Waals surface area (Å²) in [7, 11) is 0. The molecule has 0 spiro atoms. The molecule has 4 aromatic rings. The fourth-order valence-electron chi connectivity index (χ4n) is 2.59. The maximum Gasteiger partial charge on any atom is 0.172 e. The van der Waals surface area contributed by atoms with Gasteiger partial charge in [-0.15, -0.1) is 0 Å². The second-order valence-corrected chi connectivity index (χ2v) is 6.03. The quantitative estimate of drug-likeness (QED) is 0.407. The van der Waals surface area contributed by atoms with E-state index in [1.54, 1.807) is 30.3 Å². The molecule has 138 valence electrons. The van der Waals surface area contributed by atoms with Gasteiger partial charge < -0.3 is 19.3 Å². The molecule has 0 saturated carbocycles. The standard InChI is InChI=1S/C24H18O4/c25-23-16-15-22(27-19-9-5-2-6-10-19)17-24(23)28-21-13-11-20(12-14-21)26-18-7-3-1-4-8-18/h1-17,25H. The summed E-state index contributed by atoms with van der Waals surface area (Å²) in [6.07, 6.45) is 0. The molecule has 0 aliphatic carbocycles. The number of phenolic OH excluding ortho intramolecular Hbond substituents is 1. The third-order valence-electron chi connectivity index (χ3n) is 3.94. The van der Waals surface area contributed by atoms with E-state index in [1.165, 1.54) is 0 Å². The summed E-state index contributed by atoms with van der Waals surface area (Å²) in [5, 5.41) is 10.1. The van der Waals surface area contributed by atoms with Crippen molar-refractivity contribution in [2.75, 3.05) is 0 Å². The first-order chi connectivity index (χ1) is 13.8. The minimum Gasteiger partial charge on any atom is -0.504 e. The van der Waals surface area contributed by atoms with E-state index >= 15 is 0 Å². The molecule has 0 aliphatic rings. The summed E-state index contributed by atoms with van der Waals surface area (Å²) in [6, 6.07) is 31.0. The van der Waals surface area contributed by atoms with Gasteiger partial charge in [0.15, 0.2) is 11.5 Å². The Balaban J connectivity index is 1.47. The molecule has 0 amide bonds. The summed E-state index contributed by atoms with van der Waals surface area (Å²) >= 11 is 0. The van der Waals surface area contributed by atoms with Gasteiger partial charge in [-0.25, -0.2) is 0 Å². The maximum atomic E-state index is 10.1. The zero-order valence-electron chi connectivity index (χ0n) is 15.0. The Bertz CT molecular complexity index is 1030. The van der Waals surface area contributed by atoms with Crippen molar-refractivity contribution in [2.45, 2.75) is 0 Å². The fraction of sp³-hybridized carbons (Fsp3) is 0. The largest absolute Gasteiger partial charge is 0.504 e. The number of para-hydroxylation sites is 2. The van der Waals surface area contributed by atoms with Gasteiger partial charge in [-0.2, -0.15) is 0 Å². The first-order valence-electron chi connectivity index (χ1n) is 8.83. The van der Waals surface area contributed by atoms with Gasteiger partial charge in [0, 0.05) is 6.07 Å². The van der Waals surface area contributed by atoms with Crippen LogP contribution in [0.2, 0.25) is 0 Å². The summed E-state index contributed by atoms with van der Waals surface area (Å²) in [4.78, 5) is 0. The van der Waals surface area contributed by atoms with Crippen molar-refractivity contribution in [3.8, 4) is 40.2 Å². The molecule has 4 rings (SSSR count).